The van der Waals surface area contributed by atoms with Gasteiger partial charge in [0.15, 0.2) is 0 Å². The summed E-state index contributed by atoms with van der Waals surface area (Å²) in [4.78, 5) is 36.6. The van der Waals surface area contributed by atoms with Crippen LogP contribution < -0.4 is 27.0 Å². The average molecular weight is 583 g/mol. The number of nitrogens with zero attached hydrogens (tertiary/aromatic N) is 3. The average Bonchev–Trinajstić information content (AvgIpc) is 3.03. The number of nitrogen functional groups attached to an aromatic ring is 1. The quantitative estimate of drug-likeness (QED) is 0.174. The maximum atomic E-state index is 15.1. The predicted octanol–water partition coefficient (Wildman–Crippen LogP) is 5.15. The Hall–Kier alpha value is -5.03. The van der Waals surface area contributed by atoms with Crippen molar-refractivity contribution in [2.75, 3.05) is 42.5 Å². The zero-order valence-electron chi connectivity index (χ0n) is 23.8. The lowest BCUT2D eigenvalue weighted by atomic mass is 10.1. The third kappa shape index (κ3) is 8.26. The molecule has 3 amide bonds. The van der Waals surface area contributed by atoms with Crippen LogP contribution >= 0.6 is 0 Å². The van der Waals surface area contributed by atoms with Gasteiger partial charge in [-0.1, -0.05) is 36.8 Å². The van der Waals surface area contributed by atoms with Gasteiger partial charge in [0, 0.05) is 37.1 Å². The van der Waals surface area contributed by atoms with Crippen LogP contribution in [0.3, 0.4) is 0 Å². The molecule has 2 aromatic heterocycles. The lowest BCUT2D eigenvalue weighted by Gasteiger charge is -2.26. The molecule has 0 spiro atoms. The fourth-order valence-electron chi connectivity index (χ4n) is 4.83. The van der Waals surface area contributed by atoms with Crippen molar-refractivity contribution in [3.8, 4) is 11.3 Å². The first-order valence-electron chi connectivity index (χ1n) is 14.3. The van der Waals surface area contributed by atoms with Gasteiger partial charge in [-0.05, 0) is 74.0 Å². The Morgan fingerprint density at radius 3 is 2.49 bits per heavy atom. The SMILES string of the molecule is Nc1ccc(CNC(=O)Nc2ccc(-c3ccc(C(=O)NCCN4CCCCC4)c(Nc4ccccc4)n3)cc2F)cn1. The minimum absolute atomic E-state index is 0.0176. The number of pyridine rings is 2. The highest BCUT2D eigenvalue weighted by Crippen LogP contribution is 2.27. The normalized spacial score (nSPS) is 13.2. The van der Waals surface area contributed by atoms with Crippen LogP contribution in [-0.4, -0.2) is 53.0 Å². The number of rotatable bonds is 10. The molecule has 11 heteroatoms. The van der Waals surface area contributed by atoms with Gasteiger partial charge in [-0.25, -0.2) is 19.2 Å². The van der Waals surface area contributed by atoms with Gasteiger partial charge < -0.3 is 31.9 Å². The Morgan fingerprint density at radius 2 is 1.74 bits per heavy atom. The summed E-state index contributed by atoms with van der Waals surface area (Å²) in [5, 5.41) is 11.4. The monoisotopic (exact) mass is 582 g/mol. The Kier molecular flexibility index (Phi) is 9.75. The van der Waals surface area contributed by atoms with Crippen LogP contribution in [0.5, 0.6) is 0 Å². The number of anilines is 4. The number of urea groups is 1. The Labute approximate surface area is 249 Å². The first-order valence-corrected chi connectivity index (χ1v) is 14.3. The summed E-state index contributed by atoms with van der Waals surface area (Å²) in [6.45, 7) is 3.66. The Bertz CT molecular complexity index is 1540. The van der Waals surface area contributed by atoms with Gasteiger partial charge in [0.05, 0.1) is 16.9 Å². The van der Waals surface area contributed by atoms with E-state index in [0.29, 0.717) is 35.0 Å². The van der Waals surface area contributed by atoms with Crippen molar-refractivity contribution < 1.29 is 14.0 Å². The molecule has 43 heavy (non-hydrogen) atoms. The van der Waals surface area contributed by atoms with E-state index in [2.05, 4.69) is 31.2 Å². The number of carbonyl (C=O) groups is 2. The molecule has 1 fully saturated rings. The largest absolute Gasteiger partial charge is 0.384 e. The summed E-state index contributed by atoms with van der Waals surface area (Å²) < 4.78 is 15.1. The number of hydrogen-bond donors (Lipinski definition) is 5. The smallest absolute Gasteiger partial charge is 0.319 e. The minimum atomic E-state index is -0.624. The second-order valence-corrected chi connectivity index (χ2v) is 10.3. The molecule has 0 radical (unpaired) electrons. The molecule has 1 aliphatic heterocycles. The molecule has 0 atom stereocenters. The Morgan fingerprint density at radius 1 is 0.930 bits per heavy atom. The number of nitrogens with one attached hydrogen (secondary N) is 4. The molecule has 1 saturated heterocycles. The topological polar surface area (TPSA) is 137 Å². The van der Waals surface area contributed by atoms with Crippen LogP contribution in [0.15, 0.2) is 79.0 Å². The molecule has 4 aromatic rings. The van der Waals surface area contributed by atoms with Crippen molar-refractivity contribution in [3.05, 3.63) is 95.9 Å². The standard InChI is InChI=1S/C32H35FN8O2/c33-26-19-23(10-12-28(26)40-32(43)37-21-22-9-14-29(34)36-20-22)27-13-11-25(30(39-27)38-24-7-3-1-4-8-24)31(42)35-15-18-41-16-5-2-6-17-41/h1,3-4,7-14,19-20H,2,5-6,15-18,21H2,(H2,34,36)(H,35,42)(H,38,39)(H2,37,40,43). The zero-order valence-corrected chi connectivity index (χ0v) is 23.8. The van der Waals surface area contributed by atoms with E-state index in [0.717, 1.165) is 30.9 Å². The number of benzene rings is 2. The number of likely N-dealkylation sites (tertiary alicyclic amines) is 1. The predicted molar refractivity (Wildman–Crippen MR) is 166 cm³/mol. The van der Waals surface area contributed by atoms with E-state index in [1.807, 2.05) is 30.3 Å². The number of nitrogens with two attached hydrogens (primary N) is 1. The lowest BCUT2D eigenvalue weighted by molar-refractivity contribution is 0.0947. The number of aromatic nitrogens is 2. The molecule has 2 aromatic carbocycles. The van der Waals surface area contributed by atoms with Crippen molar-refractivity contribution in [1.29, 1.82) is 0 Å². The third-order valence-electron chi connectivity index (χ3n) is 7.15. The van der Waals surface area contributed by atoms with Gasteiger partial charge in [0.25, 0.3) is 5.91 Å². The zero-order chi connectivity index (χ0) is 30.0. The maximum absolute atomic E-state index is 15.1. The van der Waals surface area contributed by atoms with Gasteiger partial charge in [0.1, 0.15) is 17.5 Å². The molecule has 1 aliphatic rings. The van der Waals surface area contributed by atoms with Crippen molar-refractivity contribution in [3.63, 3.8) is 0 Å². The van der Waals surface area contributed by atoms with Crippen LogP contribution in [0.4, 0.5) is 32.2 Å². The number of carbonyl (C=O) groups excluding carboxylic acids is 2. The molecular formula is C32H35FN8O2. The first-order chi connectivity index (χ1) is 20.9. The number of hydrogen-bond acceptors (Lipinski definition) is 7. The van der Waals surface area contributed by atoms with Gasteiger partial charge in [0.2, 0.25) is 0 Å². The third-order valence-corrected chi connectivity index (χ3v) is 7.15. The molecule has 0 aliphatic carbocycles. The van der Waals surface area contributed by atoms with Gasteiger partial charge in [-0.15, -0.1) is 0 Å². The van der Waals surface area contributed by atoms with E-state index in [9.17, 15) is 9.59 Å². The minimum Gasteiger partial charge on any atom is -0.384 e. The highest BCUT2D eigenvalue weighted by molar-refractivity contribution is 6.00. The summed E-state index contributed by atoms with van der Waals surface area (Å²) >= 11 is 0. The van der Waals surface area contributed by atoms with Gasteiger partial charge in [-0.3, -0.25) is 4.79 Å². The van der Waals surface area contributed by atoms with E-state index in [1.54, 1.807) is 36.5 Å². The highest BCUT2D eigenvalue weighted by atomic mass is 19.1. The fraction of sp³-hybridized carbons (Fsp3) is 0.250. The number of para-hydroxylation sites is 1. The molecule has 0 bridgehead atoms. The van der Waals surface area contributed by atoms with Crippen LogP contribution in [0.25, 0.3) is 11.3 Å². The molecule has 6 N–H and O–H groups in total. The Balaban J connectivity index is 1.28. The molecule has 5 rings (SSSR count). The number of halogens is 1. The van der Waals surface area contributed by atoms with Crippen LogP contribution in [0.2, 0.25) is 0 Å². The second-order valence-electron chi connectivity index (χ2n) is 10.3. The molecular weight excluding hydrogens is 547 g/mol. The van der Waals surface area contributed by atoms with Crippen LogP contribution in [0, 0.1) is 5.82 Å². The lowest BCUT2D eigenvalue weighted by Crippen LogP contribution is -2.37. The number of amides is 3. The van der Waals surface area contributed by atoms with E-state index in [1.165, 1.54) is 31.4 Å². The van der Waals surface area contributed by atoms with Crippen molar-refractivity contribution in [1.82, 2.24) is 25.5 Å². The van der Waals surface area contributed by atoms with Gasteiger partial charge in [-0.2, -0.15) is 0 Å². The second kappa shape index (κ2) is 14.2. The first kappa shape index (κ1) is 29.5. The molecule has 3 heterocycles. The summed E-state index contributed by atoms with van der Waals surface area (Å²) in [7, 11) is 0. The number of piperidine rings is 1. The van der Waals surface area contributed by atoms with E-state index in [-0.39, 0.29) is 18.1 Å². The molecule has 10 nitrogen and oxygen atoms in total. The molecule has 0 saturated carbocycles. The van der Waals surface area contributed by atoms with Crippen molar-refractivity contribution in [2.24, 2.45) is 0 Å². The molecule has 0 unspecified atom stereocenters. The highest BCUT2D eigenvalue weighted by Gasteiger charge is 2.17. The summed E-state index contributed by atoms with van der Waals surface area (Å²) in [6, 6.07) is 20.0. The van der Waals surface area contributed by atoms with E-state index < -0.39 is 11.8 Å². The summed E-state index contributed by atoms with van der Waals surface area (Å²) in [5.74, 6) is -0.117. The molecule has 222 valence electrons. The summed E-state index contributed by atoms with van der Waals surface area (Å²) in [6.07, 6.45) is 5.20. The van der Waals surface area contributed by atoms with Crippen molar-refractivity contribution >= 4 is 34.9 Å². The van der Waals surface area contributed by atoms with E-state index >= 15 is 4.39 Å². The van der Waals surface area contributed by atoms with Crippen molar-refractivity contribution in [2.45, 2.75) is 25.8 Å². The van der Waals surface area contributed by atoms with Gasteiger partial charge >= 0.3 is 6.03 Å². The van der Waals surface area contributed by atoms with Crippen LogP contribution in [-0.2, 0) is 6.54 Å². The fourth-order valence-corrected chi connectivity index (χ4v) is 4.83. The van der Waals surface area contributed by atoms with Crippen LogP contribution in [0.1, 0.15) is 35.2 Å². The van der Waals surface area contributed by atoms with E-state index in [4.69, 9.17) is 10.7 Å². The maximum Gasteiger partial charge on any atom is 0.319 e. The summed E-state index contributed by atoms with van der Waals surface area (Å²) in [5.41, 5.74) is 8.46.